The van der Waals surface area contributed by atoms with E-state index in [0.29, 0.717) is 48.2 Å². The summed E-state index contributed by atoms with van der Waals surface area (Å²) in [5.41, 5.74) is 7.29. The SMILES string of the molecule is CCOc1ccc(C2c3c(-c4c(C)cc(C)cc4O)n[nH]c3C(=O)N2Cc2ccc(C)cc2)cc1OCC. The first-order valence-corrected chi connectivity index (χ1v) is 13.0. The van der Waals surface area contributed by atoms with E-state index in [2.05, 4.69) is 22.3 Å². The molecule has 1 amide bonds. The van der Waals surface area contributed by atoms with Gasteiger partial charge in [-0.2, -0.15) is 5.10 Å². The molecule has 1 aliphatic rings. The number of phenolic OH excluding ortho intramolecular Hbond substituents is 1. The molecule has 5 rings (SSSR count). The molecule has 3 aromatic carbocycles. The summed E-state index contributed by atoms with van der Waals surface area (Å²) < 4.78 is 11.7. The van der Waals surface area contributed by atoms with Crippen molar-refractivity contribution in [2.75, 3.05) is 13.2 Å². The van der Waals surface area contributed by atoms with E-state index >= 15 is 0 Å². The molecule has 1 aromatic heterocycles. The van der Waals surface area contributed by atoms with E-state index < -0.39 is 6.04 Å². The van der Waals surface area contributed by atoms with Crippen LogP contribution >= 0.6 is 0 Å². The second-order valence-corrected chi connectivity index (χ2v) is 9.73. The van der Waals surface area contributed by atoms with Gasteiger partial charge in [0.15, 0.2) is 11.5 Å². The minimum atomic E-state index is -0.442. The molecule has 0 saturated carbocycles. The van der Waals surface area contributed by atoms with Crippen molar-refractivity contribution in [3.05, 3.63) is 93.7 Å². The van der Waals surface area contributed by atoms with Crippen LogP contribution in [0.15, 0.2) is 54.6 Å². The zero-order chi connectivity index (χ0) is 27.0. The number of hydrogen-bond donors (Lipinski definition) is 2. The number of aromatic amines is 1. The van der Waals surface area contributed by atoms with Gasteiger partial charge in [-0.3, -0.25) is 9.89 Å². The van der Waals surface area contributed by atoms with Crippen molar-refractivity contribution in [2.45, 2.75) is 47.2 Å². The molecule has 2 heterocycles. The van der Waals surface area contributed by atoms with E-state index in [0.717, 1.165) is 33.4 Å². The summed E-state index contributed by atoms with van der Waals surface area (Å²) in [5.74, 6) is 1.29. The van der Waals surface area contributed by atoms with Crippen molar-refractivity contribution < 1.29 is 19.4 Å². The van der Waals surface area contributed by atoms with Gasteiger partial charge in [-0.25, -0.2) is 0 Å². The summed E-state index contributed by atoms with van der Waals surface area (Å²) in [5, 5.41) is 18.5. The number of H-pyrrole nitrogens is 1. The number of aromatic nitrogens is 2. The predicted molar refractivity (Wildman–Crippen MR) is 147 cm³/mol. The Morgan fingerprint density at radius 1 is 0.921 bits per heavy atom. The van der Waals surface area contributed by atoms with Gasteiger partial charge in [0.25, 0.3) is 5.91 Å². The van der Waals surface area contributed by atoms with Gasteiger partial charge in [-0.1, -0.05) is 42.0 Å². The summed E-state index contributed by atoms with van der Waals surface area (Å²) in [4.78, 5) is 15.7. The number of ether oxygens (including phenoxy) is 2. The number of nitrogens with zero attached hydrogens (tertiary/aromatic N) is 2. The lowest BCUT2D eigenvalue weighted by Crippen LogP contribution is -2.29. The van der Waals surface area contributed by atoms with Gasteiger partial charge in [-0.05, 0) is 75.1 Å². The lowest BCUT2D eigenvalue weighted by molar-refractivity contribution is 0.0730. The molecule has 2 N–H and O–H groups in total. The van der Waals surface area contributed by atoms with Crippen LogP contribution in [0.2, 0.25) is 0 Å². The molecule has 4 aromatic rings. The molecule has 0 saturated heterocycles. The normalized spacial score (nSPS) is 14.6. The second-order valence-electron chi connectivity index (χ2n) is 9.73. The minimum absolute atomic E-state index is 0.138. The molecule has 38 heavy (non-hydrogen) atoms. The molecule has 0 fully saturated rings. The zero-order valence-corrected chi connectivity index (χ0v) is 22.5. The second kappa shape index (κ2) is 10.2. The van der Waals surface area contributed by atoms with Gasteiger partial charge in [0.2, 0.25) is 0 Å². The van der Waals surface area contributed by atoms with Crippen molar-refractivity contribution in [1.82, 2.24) is 15.1 Å². The Bertz CT molecular complexity index is 1470. The number of benzene rings is 3. The van der Waals surface area contributed by atoms with Crippen LogP contribution in [0.4, 0.5) is 0 Å². The van der Waals surface area contributed by atoms with E-state index in [1.54, 1.807) is 6.07 Å². The number of phenols is 1. The maximum Gasteiger partial charge on any atom is 0.273 e. The van der Waals surface area contributed by atoms with Gasteiger partial charge in [0.05, 0.1) is 19.3 Å². The van der Waals surface area contributed by atoms with Crippen LogP contribution in [0, 0.1) is 20.8 Å². The first-order chi connectivity index (χ1) is 18.3. The lowest BCUT2D eigenvalue weighted by atomic mass is 9.92. The number of hydrogen-bond acceptors (Lipinski definition) is 5. The summed E-state index contributed by atoms with van der Waals surface area (Å²) in [6, 6.07) is 17.3. The number of aromatic hydroxyl groups is 1. The topological polar surface area (TPSA) is 87.7 Å². The third-order valence-corrected chi connectivity index (χ3v) is 6.92. The van der Waals surface area contributed by atoms with Gasteiger partial charge in [-0.15, -0.1) is 0 Å². The number of rotatable bonds is 8. The van der Waals surface area contributed by atoms with Gasteiger partial charge in [0.1, 0.15) is 17.1 Å². The van der Waals surface area contributed by atoms with Crippen molar-refractivity contribution in [2.24, 2.45) is 0 Å². The van der Waals surface area contributed by atoms with Crippen LogP contribution in [0.25, 0.3) is 11.3 Å². The highest BCUT2D eigenvalue weighted by atomic mass is 16.5. The Morgan fingerprint density at radius 3 is 2.32 bits per heavy atom. The number of aryl methyl sites for hydroxylation is 3. The van der Waals surface area contributed by atoms with Crippen molar-refractivity contribution in [3.63, 3.8) is 0 Å². The molecule has 7 heteroatoms. The van der Waals surface area contributed by atoms with Crippen LogP contribution in [-0.2, 0) is 6.54 Å². The van der Waals surface area contributed by atoms with Gasteiger partial charge < -0.3 is 19.5 Å². The summed E-state index contributed by atoms with van der Waals surface area (Å²) in [6.07, 6.45) is 0. The first-order valence-electron chi connectivity index (χ1n) is 13.0. The molecule has 0 radical (unpaired) electrons. The highest BCUT2D eigenvalue weighted by Crippen LogP contribution is 2.47. The Kier molecular flexibility index (Phi) is 6.85. The molecule has 0 aliphatic carbocycles. The Morgan fingerprint density at radius 2 is 1.63 bits per heavy atom. The van der Waals surface area contributed by atoms with Crippen LogP contribution < -0.4 is 9.47 Å². The minimum Gasteiger partial charge on any atom is -0.507 e. The van der Waals surface area contributed by atoms with E-state index in [-0.39, 0.29) is 11.7 Å². The number of carbonyl (C=O) groups is 1. The smallest absolute Gasteiger partial charge is 0.273 e. The molecular formula is C31H33N3O4. The third-order valence-electron chi connectivity index (χ3n) is 6.92. The van der Waals surface area contributed by atoms with E-state index in [4.69, 9.17) is 9.47 Å². The molecule has 7 nitrogen and oxygen atoms in total. The van der Waals surface area contributed by atoms with Crippen molar-refractivity contribution in [1.29, 1.82) is 0 Å². The third kappa shape index (κ3) is 4.49. The zero-order valence-electron chi connectivity index (χ0n) is 22.5. The summed E-state index contributed by atoms with van der Waals surface area (Å²) in [6.45, 7) is 11.2. The van der Waals surface area contributed by atoms with E-state index in [1.165, 1.54) is 0 Å². The maximum absolute atomic E-state index is 13.8. The highest BCUT2D eigenvalue weighted by Gasteiger charge is 2.43. The van der Waals surface area contributed by atoms with E-state index in [9.17, 15) is 9.90 Å². The lowest BCUT2D eigenvalue weighted by Gasteiger charge is -2.27. The average Bonchev–Trinajstić information content (AvgIpc) is 3.40. The van der Waals surface area contributed by atoms with Crippen LogP contribution in [0.5, 0.6) is 17.2 Å². The highest BCUT2D eigenvalue weighted by molar-refractivity contribution is 6.00. The predicted octanol–water partition coefficient (Wildman–Crippen LogP) is 6.25. The summed E-state index contributed by atoms with van der Waals surface area (Å²) >= 11 is 0. The van der Waals surface area contributed by atoms with Gasteiger partial charge >= 0.3 is 0 Å². The standard InChI is InChI=1S/C31H33N3O4/c1-6-37-24-13-12-22(16-25(24)38-7-2)30-27-28(26-20(5)14-19(4)15-23(26)35)32-33-29(27)31(36)34(30)17-21-10-8-18(3)9-11-21/h8-16,30,35H,6-7,17H2,1-5H3,(H,32,33). The molecule has 1 unspecified atom stereocenters. The molecule has 1 atom stereocenters. The number of amides is 1. The number of nitrogens with one attached hydrogen (secondary N) is 1. The fourth-order valence-corrected chi connectivity index (χ4v) is 5.28. The van der Waals surface area contributed by atoms with Crippen LogP contribution in [0.3, 0.4) is 0 Å². The molecular weight excluding hydrogens is 478 g/mol. The fourth-order valence-electron chi connectivity index (χ4n) is 5.28. The number of carbonyl (C=O) groups excluding carboxylic acids is 1. The Hall–Kier alpha value is -4.26. The van der Waals surface area contributed by atoms with Gasteiger partial charge in [0, 0.05) is 17.7 Å². The quantitative estimate of drug-likeness (QED) is 0.292. The first kappa shape index (κ1) is 25.4. The Labute approximate surface area is 223 Å². The number of fused-ring (bicyclic) bond motifs is 1. The van der Waals surface area contributed by atoms with E-state index in [1.807, 2.05) is 75.9 Å². The van der Waals surface area contributed by atoms with Crippen LogP contribution in [0.1, 0.15) is 63.8 Å². The molecule has 196 valence electrons. The molecule has 0 bridgehead atoms. The fraction of sp³-hybridized carbons (Fsp3) is 0.290. The largest absolute Gasteiger partial charge is 0.507 e. The molecule has 0 spiro atoms. The Balaban J connectivity index is 1.69. The summed E-state index contributed by atoms with van der Waals surface area (Å²) in [7, 11) is 0. The average molecular weight is 512 g/mol. The van der Waals surface area contributed by atoms with Crippen molar-refractivity contribution >= 4 is 5.91 Å². The van der Waals surface area contributed by atoms with Crippen LogP contribution in [-0.4, -0.2) is 39.3 Å². The monoisotopic (exact) mass is 511 g/mol. The molecule has 1 aliphatic heterocycles. The van der Waals surface area contributed by atoms with Crippen molar-refractivity contribution in [3.8, 4) is 28.5 Å². The maximum atomic E-state index is 13.8.